The Morgan fingerprint density at radius 2 is 0.577 bits per heavy atom. The quantitative estimate of drug-likeness (QED) is 0.0450. The second kappa shape index (κ2) is 11.5. The van der Waals surface area contributed by atoms with Crippen LogP contribution in [0.2, 0.25) is 0 Å². The molecule has 12 nitrogen and oxygen atoms in total. The fraction of sp³-hybridized carbons (Fsp3) is 0. The zero-order chi connectivity index (χ0) is 36.6. The Bertz CT molecular complexity index is 2460. The first kappa shape index (κ1) is 31.7. The van der Waals surface area contributed by atoms with Crippen LogP contribution in [0.25, 0.3) is 32.3 Å². The van der Waals surface area contributed by atoms with E-state index in [2.05, 4.69) is 0 Å². The Labute approximate surface area is 293 Å². The van der Waals surface area contributed by atoms with Crippen LogP contribution < -0.4 is 9.80 Å². The van der Waals surface area contributed by atoms with Crippen molar-refractivity contribution in [2.75, 3.05) is 9.80 Å². The van der Waals surface area contributed by atoms with E-state index in [1.807, 2.05) is 36.4 Å². The van der Waals surface area contributed by atoms with Crippen LogP contribution in [0.4, 0.5) is 34.1 Å². The summed E-state index contributed by atoms with van der Waals surface area (Å²) in [5.74, 6) is -9.87. The second-order valence-electron chi connectivity index (χ2n) is 12.1. The highest BCUT2D eigenvalue weighted by Gasteiger charge is 2.32. The highest BCUT2D eigenvalue weighted by Crippen LogP contribution is 2.60. The van der Waals surface area contributed by atoms with Crippen LogP contribution in [-0.4, -0.2) is 51.1 Å². The summed E-state index contributed by atoms with van der Waals surface area (Å²) in [6.07, 6.45) is 0. The molecule has 0 spiro atoms. The van der Waals surface area contributed by atoms with E-state index in [0.717, 1.165) is 10.8 Å². The maximum Gasteiger partial charge on any atom is 0.208 e. The van der Waals surface area contributed by atoms with Crippen molar-refractivity contribution in [3.8, 4) is 57.5 Å². The molecule has 0 unspecified atom stereocenters. The van der Waals surface area contributed by atoms with Gasteiger partial charge in [-0.25, -0.2) is 0 Å². The number of benzene rings is 8. The van der Waals surface area contributed by atoms with Crippen LogP contribution in [0.15, 0.2) is 109 Å². The first-order valence-electron chi connectivity index (χ1n) is 15.8. The van der Waals surface area contributed by atoms with Gasteiger partial charge in [-0.2, -0.15) is 0 Å². The van der Waals surface area contributed by atoms with Crippen molar-refractivity contribution in [2.24, 2.45) is 0 Å². The Morgan fingerprint density at radius 3 is 0.904 bits per heavy atom. The number of para-hydroxylation sites is 2. The number of nitrogens with zero attached hydrogens (tertiary/aromatic N) is 2. The normalized spacial score (nSPS) is 11.5. The summed E-state index contributed by atoms with van der Waals surface area (Å²) in [5, 5.41) is 111. The SMILES string of the molecule is Oc1c(O)c(O)c(N(c2ccccc2)c2ccc3ccc4c(N(c5ccccc5)c5c(O)c(O)c(O)c(O)c5O)ccc5ccc2c3c54)c(O)c1O. The highest BCUT2D eigenvalue weighted by atomic mass is 16.4. The number of hydrogen-bond acceptors (Lipinski definition) is 12. The molecule has 0 aliphatic carbocycles. The summed E-state index contributed by atoms with van der Waals surface area (Å²) in [6.45, 7) is 0. The Morgan fingerprint density at radius 1 is 0.288 bits per heavy atom. The van der Waals surface area contributed by atoms with Crippen molar-refractivity contribution in [3.05, 3.63) is 109 Å². The molecular weight excluding hydrogens is 668 g/mol. The zero-order valence-electron chi connectivity index (χ0n) is 26.8. The molecule has 0 aromatic heterocycles. The first-order valence-corrected chi connectivity index (χ1v) is 15.8. The monoisotopic (exact) mass is 696 g/mol. The van der Waals surface area contributed by atoms with E-state index < -0.39 is 68.9 Å². The van der Waals surface area contributed by atoms with Gasteiger partial charge in [0.2, 0.25) is 34.5 Å². The lowest BCUT2D eigenvalue weighted by Crippen LogP contribution is -2.12. The van der Waals surface area contributed by atoms with Gasteiger partial charge in [0.15, 0.2) is 23.0 Å². The number of rotatable bonds is 6. The summed E-state index contributed by atoms with van der Waals surface area (Å²) in [5.41, 5.74) is 0.836. The molecule has 0 fully saturated rings. The average molecular weight is 697 g/mol. The Balaban J connectivity index is 1.46. The molecule has 52 heavy (non-hydrogen) atoms. The number of phenols is 10. The zero-order valence-corrected chi connectivity index (χ0v) is 26.8. The lowest BCUT2D eigenvalue weighted by atomic mass is 9.91. The van der Waals surface area contributed by atoms with Gasteiger partial charge in [-0.1, -0.05) is 72.8 Å². The number of phenolic OH excluding ortho intramolecular Hbond substituents is 10. The predicted molar refractivity (Wildman–Crippen MR) is 196 cm³/mol. The summed E-state index contributed by atoms with van der Waals surface area (Å²) < 4.78 is 0. The molecule has 258 valence electrons. The van der Waals surface area contributed by atoms with Crippen LogP contribution >= 0.6 is 0 Å². The van der Waals surface area contributed by atoms with Gasteiger partial charge in [-0.05, 0) is 57.9 Å². The fourth-order valence-corrected chi connectivity index (χ4v) is 6.86. The molecule has 8 aromatic carbocycles. The van der Waals surface area contributed by atoms with Crippen molar-refractivity contribution < 1.29 is 51.1 Å². The van der Waals surface area contributed by atoms with Gasteiger partial charge in [-0.3, -0.25) is 0 Å². The first-order chi connectivity index (χ1) is 25.0. The molecule has 0 amide bonds. The second-order valence-corrected chi connectivity index (χ2v) is 12.1. The summed E-state index contributed by atoms with van der Waals surface area (Å²) >= 11 is 0. The molecule has 0 radical (unpaired) electrons. The minimum absolute atomic E-state index is 0.400. The molecule has 8 aromatic rings. The number of anilines is 6. The summed E-state index contributed by atoms with van der Waals surface area (Å²) in [7, 11) is 0. The number of hydrogen-bond donors (Lipinski definition) is 10. The van der Waals surface area contributed by atoms with Crippen molar-refractivity contribution in [1.82, 2.24) is 0 Å². The third-order valence-corrected chi connectivity index (χ3v) is 9.27. The van der Waals surface area contributed by atoms with Crippen LogP contribution in [0, 0.1) is 0 Å². The molecule has 0 saturated heterocycles. The Kier molecular flexibility index (Phi) is 7.00. The third-order valence-electron chi connectivity index (χ3n) is 9.27. The van der Waals surface area contributed by atoms with Crippen molar-refractivity contribution in [2.45, 2.75) is 0 Å². The largest absolute Gasteiger partial charge is 0.503 e. The van der Waals surface area contributed by atoms with Crippen LogP contribution in [0.1, 0.15) is 0 Å². The van der Waals surface area contributed by atoms with Crippen LogP contribution in [0.3, 0.4) is 0 Å². The van der Waals surface area contributed by atoms with Crippen LogP contribution in [0.5, 0.6) is 57.5 Å². The molecule has 0 saturated carbocycles. The number of aromatic hydroxyl groups is 10. The van der Waals surface area contributed by atoms with Crippen molar-refractivity contribution >= 4 is 66.4 Å². The molecule has 0 atom stereocenters. The van der Waals surface area contributed by atoms with Gasteiger partial charge in [-0.15, -0.1) is 0 Å². The fourth-order valence-electron chi connectivity index (χ4n) is 6.86. The highest BCUT2D eigenvalue weighted by molar-refractivity contribution is 6.28. The molecule has 0 aliphatic rings. The average Bonchev–Trinajstić information content (AvgIpc) is 3.18. The van der Waals surface area contributed by atoms with Crippen molar-refractivity contribution in [3.63, 3.8) is 0 Å². The van der Waals surface area contributed by atoms with Gasteiger partial charge in [0.1, 0.15) is 11.4 Å². The molecule has 0 heterocycles. The standard InChI is InChI=1S/C40H28N2O10/c43-31-29(32(44)36(48)39(51)35(31)47)41(21-7-3-1-4-8-21)25-17-13-19-12-16-24-26(18-14-20-11-15-23(25)27(19)28(20)24)42(22-9-5-2-6-10-22)30-33(45)37(49)40(52)38(50)34(30)46/h1-18,43-52H. The minimum atomic E-state index is -1.09. The topological polar surface area (TPSA) is 209 Å². The van der Waals surface area contributed by atoms with E-state index in [0.29, 0.717) is 44.3 Å². The van der Waals surface area contributed by atoms with Crippen molar-refractivity contribution in [1.29, 1.82) is 0 Å². The van der Waals surface area contributed by atoms with E-state index in [-0.39, 0.29) is 0 Å². The van der Waals surface area contributed by atoms with E-state index in [1.165, 1.54) is 9.80 Å². The van der Waals surface area contributed by atoms with Gasteiger partial charge in [0.05, 0.1) is 11.4 Å². The lowest BCUT2D eigenvalue weighted by molar-refractivity contribution is 0.329. The molecule has 0 bridgehead atoms. The molecule has 12 heteroatoms. The maximum absolute atomic E-state index is 11.1. The summed E-state index contributed by atoms with van der Waals surface area (Å²) in [6, 6.07) is 31.7. The maximum atomic E-state index is 11.1. The third kappa shape index (κ3) is 4.41. The van der Waals surface area contributed by atoms with Gasteiger partial charge < -0.3 is 60.9 Å². The lowest BCUT2D eigenvalue weighted by Gasteiger charge is -2.30. The van der Waals surface area contributed by atoms with E-state index in [1.54, 1.807) is 72.8 Å². The molecule has 8 rings (SSSR count). The smallest absolute Gasteiger partial charge is 0.208 e. The Hall–Kier alpha value is -7.60. The summed E-state index contributed by atoms with van der Waals surface area (Å²) in [4.78, 5) is 2.87. The van der Waals surface area contributed by atoms with Gasteiger partial charge in [0.25, 0.3) is 0 Å². The molecule has 0 aliphatic heterocycles. The predicted octanol–water partition coefficient (Wildman–Crippen LogP) is 8.58. The van der Waals surface area contributed by atoms with Gasteiger partial charge in [0, 0.05) is 22.1 Å². The molecular formula is C40H28N2O10. The van der Waals surface area contributed by atoms with Gasteiger partial charge >= 0.3 is 0 Å². The van der Waals surface area contributed by atoms with Crippen LogP contribution in [-0.2, 0) is 0 Å². The van der Waals surface area contributed by atoms with E-state index in [9.17, 15) is 51.1 Å². The van der Waals surface area contributed by atoms with E-state index in [4.69, 9.17) is 0 Å². The minimum Gasteiger partial charge on any atom is -0.503 e. The molecule has 10 N–H and O–H groups in total. The van der Waals surface area contributed by atoms with E-state index >= 15 is 0 Å².